The molecular weight excluding hydrogens is 723 g/mol. The predicted octanol–water partition coefficient (Wildman–Crippen LogP) is 15.8. The first-order valence-corrected chi connectivity index (χ1v) is 20.9. The number of hydrogen-bond acceptors (Lipinski definition) is 0. The Kier molecular flexibility index (Phi) is 9.85. The topological polar surface area (TPSA) is 4.93 Å². The van der Waals surface area contributed by atoms with E-state index in [2.05, 4.69) is 249 Å². The van der Waals surface area contributed by atoms with Crippen LogP contribution in [0.1, 0.15) is 29.5 Å². The van der Waals surface area contributed by atoms with Gasteiger partial charge in [-0.3, -0.25) is 0 Å². The van der Waals surface area contributed by atoms with Gasteiger partial charge in [-0.25, -0.2) is 0 Å². The van der Waals surface area contributed by atoms with Gasteiger partial charge in [-0.05, 0) is 98.0 Å². The molecule has 0 aliphatic heterocycles. The van der Waals surface area contributed by atoms with Crippen molar-refractivity contribution < 1.29 is 0 Å². The van der Waals surface area contributed by atoms with Gasteiger partial charge in [-0.2, -0.15) is 0 Å². The monoisotopic (exact) mass is 767 g/mol. The van der Waals surface area contributed by atoms with E-state index in [0.29, 0.717) is 0 Å². The molecule has 1 nitrogen and oxygen atoms in total. The van der Waals surface area contributed by atoms with Crippen molar-refractivity contribution in [2.75, 3.05) is 0 Å². The molecule has 1 aromatic heterocycles. The minimum absolute atomic E-state index is 0.197. The fourth-order valence-electron chi connectivity index (χ4n) is 9.11. The van der Waals surface area contributed by atoms with Gasteiger partial charge in [0, 0.05) is 28.3 Å². The van der Waals surface area contributed by atoms with E-state index in [4.69, 9.17) is 0 Å². The molecule has 1 aliphatic rings. The number of allylic oxidation sites excluding steroid dienone is 7. The molecule has 0 saturated carbocycles. The zero-order valence-electron chi connectivity index (χ0n) is 33.7. The summed E-state index contributed by atoms with van der Waals surface area (Å²) in [5.41, 5.74) is 18.2. The maximum Gasteiger partial charge on any atom is 0.0541 e. The Morgan fingerprint density at radius 3 is 1.57 bits per heavy atom. The maximum atomic E-state index is 4.57. The Morgan fingerprint density at radius 2 is 0.950 bits per heavy atom. The zero-order valence-corrected chi connectivity index (χ0v) is 33.7. The van der Waals surface area contributed by atoms with Crippen LogP contribution in [-0.4, -0.2) is 4.57 Å². The van der Waals surface area contributed by atoms with Crippen molar-refractivity contribution in [1.29, 1.82) is 0 Å². The minimum atomic E-state index is 0.197. The Labute approximate surface area is 353 Å². The lowest BCUT2D eigenvalue weighted by Crippen LogP contribution is -2.24. The second-order valence-electron chi connectivity index (χ2n) is 15.7. The molecule has 60 heavy (non-hydrogen) atoms. The summed E-state index contributed by atoms with van der Waals surface area (Å²) in [5, 5.41) is 2.55. The van der Waals surface area contributed by atoms with Crippen molar-refractivity contribution >= 4 is 33.0 Å². The predicted molar refractivity (Wildman–Crippen MR) is 256 cm³/mol. The van der Waals surface area contributed by atoms with Gasteiger partial charge in [-0.1, -0.05) is 213 Å². The molecule has 9 aromatic rings. The molecule has 286 valence electrons. The van der Waals surface area contributed by atoms with E-state index in [-0.39, 0.29) is 11.8 Å². The molecule has 10 rings (SSSR count). The van der Waals surface area contributed by atoms with Gasteiger partial charge in [0.15, 0.2) is 0 Å². The van der Waals surface area contributed by atoms with Crippen LogP contribution >= 0.6 is 0 Å². The second kappa shape index (κ2) is 16.0. The van der Waals surface area contributed by atoms with Gasteiger partial charge in [0.25, 0.3) is 0 Å². The van der Waals surface area contributed by atoms with Crippen molar-refractivity contribution in [1.82, 2.24) is 4.57 Å². The highest BCUT2D eigenvalue weighted by atomic mass is 15.0. The number of fused-ring (bicyclic) bond motifs is 3. The first-order valence-electron chi connectivity index (χ1n) is 20.9. The molecule has 8 aromatic carbocycles. The van der Waals surface area contributed by atoms with Crippen molar-refractivity contribution in [2.45, 2.75) is 12.8 Å². The first-order chi connectivity index (χ1) is 29.6. The summed E-state index contributed by atoms with van der Waals surface area (Å²) in [6.45, 7) is 6.73. The van der Waals surface area contributed by atoms with Crippen LogP contribution in [0.3, 0.4) is 0 Å². The number of para-hydroxylation sites is 2. The molecule has 2 unspecified atom stereocenters. The summed E-state index contributed by atoms with van der Waals surface area (Å²) in [6.07, 6.45) is 9.24. The third-order valence-corrected chi connectivity index (χ3v) is 12.2. The summed E-state index contributed by atoms with van der Waals surface area (Å²) in [4.78, 5) is 0. The largest absolute Gasteiger partial charge is 0.309 e. The average Bonchev–Trinajstić information content (AvgIpc) is 3.65. The fourth-order valence-corrected chi connectivity index (χ4v) is 9.11. The van der Waals surface area contributed by atoms with Crippen molar-refractivity contribution in [3.05, 3.63) is 259 Å². The summed E-state index contributed by atoms with van der Waals surface area (Å²) in [6, 6.07) is 74.4. The van der Waals surface area contributed by atoms with E-state index in [1.807, 2.05) is 0 Å². The standard InChI is InChI=1S/C59H45N/c1-3-42(27-26-41(2)51-20-10-11-21-52(51)47-18-8-5-9-19-47)59-55(48-32-28-44(29-33-48)43-16-6-4-7-17-43)40-56(59)49-34-30-45(31-35-49)46-36-38-50(39-37-46)60-57-24-14-12-22-53(57)54-23-13-15-25-58(54)60/h3-40,56,59H,2H2,1H3/b27-26-,42-3+. The van der Waals surface area contributed by atoms with Gasteiger partial charge in [0.2, 0.25) is 0 Å². The molecular formula is C59H45N. The quantitative estimate of drug-likeness (QED) is 0.122. The van der Waals surface area contributed by atoms with Gasteiger partial charge >= 0.3 is 0 Å². The van der Waals surface area contributed by atoms with Gasteiger partial charge < -0.3 is 4.57 Å². The number of rotatable bonds is 10. The van der Waals surface area contributed by atoms with Crippen molar-refractivity contribution in [3.63, 3.8) is 0 Å². The number of nitrogens with zero attached hydrogens (tertiary/aromatic N) is 1. The normalized spacial score (nSPS) is 15.3. The molecule has 0 N–H and O–H groups in total. The molecule has 0 bridgehead atoms. The molecule has 2 atom stereocenters. The van der Waals surface area contributed by atoms with Gasteiger partial charge in [-0.15, -0.1) is 0 Å². The summed E-state index contributed by atoms with van der Waals surface area (Å²) in [7, 11) is 0. The smallest absolute Gasteiger partial charge is 0.0541 e. The first kappa shape index (κ1) is 36.8. The van der Waals surface area contributed by atoms with Crippen LogP contribution in [0.4, 0.5) is 0 Å². The molecule has 1 heterocycles. The lowest BCUT2D eigenvalue weighted by Gasteiger charge is -2.38. The Balaban J connectivity index is 0.953. The van der Waals surface area contributed by atoms with Crippen LogP contribution in [0.25, 0.3) is 72.0 Å². The van der Waals surface area contributed by atoms with Crippen molar-refractivity contribution in [3.8, 4) is 39.1 Å². The third kappa shape index (κ3) is 6.85. The molecule has 1 aliphatic carbocycles. The van der Waals surface area contributed by atoms with Crippen LogP contribution in [0.15, 0.2) is 243 Å². The Bertz CT molecular complexity index is 3010. The average molecular weight is 768 g/mol. The molecule has 1 heteroatoms. The zero-order chi connectivity index (χ0) is 40.4. The van der Waals surface area contributed by atoms with Gasteiger partial charge in [0.1, 0.15) is 0 Å². The van der Waals surface area contributed by atoms with E-state index in [9.17, 15) is 0 Å². The van der Waals surface area contributed by atoms with Crippen LogP contribution < -0.4 is 0 Å². The van der Waals surface area contributed by atoms with Crippen molar-refractivity contribution in [2.24, 2.45) is 5.92 Å². The van der Waals surface area contributed by atoms with Gasteiger partial charge in [0.05, 0.1) is 11.0 Å². The maximum absolute atomic E-state index is 4.57. The molecule has 0 amide bonds. The van der Waals surface area contributed by atoms with E-state index in [1.54, 1.807) is 0 Å². The van der Waals surface area contributed by atoms with E-state index >= 15 is 0 Å². The van der Waals surface area contributed by atoms with Crippen LogP contribution in [0.2, 0.25) is 0 Å². The second-order valence-corrected chi connectivity index (χ2v) is 15.7. The molecule has 0 spiro atoms. The highest BCUT2D eigenvalue weighted by Crippen LogP contribution is 2.51. The highest BCUT2D eigenvalue weighted by Gasteiger charge is 2.36. The highest BCUT2D eigenvalue weighted by molar-refractivity contribution is 6.09. The van der Waals surface area contributed by atoms with Crippen LogP contribution in [0.5, 0.6) is 0 Å². The lowest BCUT2D eigenvalue weighted by atomic mass is 9.65. The SMILES string of the molecule is C=C(/C=C\C(=C/C)C1C(c2ccc(-c3ccccc3)cc2)=CC1c1ccc(-c2ccc(-n3c4ccccc4c4ccccc43)cc2)cc1)c1ccccc1-c1ccccc1. The minimum Gasteiger partial charge on any atom is -0.309 e. The van der Waals surface area contributed by atoms with Crippen LogP contribution in [-0.2, 0) is 0 Å². The summed E-state index contributed by atoms with van der Waals surface area (Å²) >= 11 is 0. The van der Waals surface area contributed by atoms with E-state index in [0.717, 1.165) is 16.8 Å². The van der Waals surface area contributed by atoms with E-state index < -0.39 is 0 Å². The fraction of sp³-hybridized carbons (Fsp3) is 0.0508. The number of hydrogen-bond donors (Lipinski definition) is 0. The Hall–Kier alpha value is -7.48. The summed E-state index contributed by atoms with van der Waals surface area (Å²) < 4.78 is 2.37. The number of benzene rings is 8. The lowest BCUT2D eigenvalue weighted by molar-refractivity contribution is 0.644. The van der Waals surface area contributed by atoms with Crippen LogP contribution in [0, 0.1) is 5.92 Å². The molecule has 0 saturated heterocycles. The number of aromatic nitrogens is 1. The van der Waals surface area contributed by atoms with E-state index in [1.165, 1.54) is 77.5 Å². The third-order valence-electron chi connectivity index (χ3n) is 12.2. The molecule has 0 radical (unpaired) electrons. The Morgan fingerprint density at radius 1 is 0.467 bits per heavy atom. The summed E-state index contributed by atoms with van der Waals surface area (Å²) in [5.74, 6) is 0.434. The molecule has 0 fully saturated rings.